The molecule has 2 nitrogen and oxygen atoms in total. The number of ether oxygens (including phenoxy) is 1. The van der Waals surface area contributed by atoms with Crippen LogP contribution in [0.25, 0.3) is 0 Å². The summed E-state index contributed by atoms with van der Waals surface area (Å²) in [6.45, 7) is 3.66. The second kappa shape index (κ2) is 9.62. The molecule has 0 radical (unpaired) electrons. The lowest BCUT2D eigenvalue weighted by Gasteiger charge is -2.02. The minimum Gasteiger partial charge on any atom is -0.463 e. The first-order chi connectivity index (χ1) is 7.16. The van der Waals surface area contributed by atoms with Gasteiger partial charge in [0.1, 0.15) is 0 Å². The summed E-state index contributed by atoms with van der Waals surface area (Å²) in [7, 11) is 0. The van der Waals surface area contributed by atoms with Gasteiger partial charge in [-0.05, 0) is 12.8 Å². The number of rotatable bonds is 9. The van der Waals surface area contributed by atoms with Gasteiger partial charge >= 0.3 is 5.97 Å². The molecule has 0 saturated carbocycles. The van der Waals surface area contributed by atoms with Crippen molar-refractivity contribution < 1.29 is 18.3 Å². The quantitative estimate of drug-likeness (QED) is 0.338. The molecule has 0 heterocycles. The molecule has 0 rings (SSSR count). The van der Waals surface area contributed by atoms with E-state index in [0.29, 0.717) is 13.0 Å². The molecule has 0 aromatic heterocycles. The van der Waals surface area contributed by atoms with Gasteiger partial charge in [0.25, 0.3) is 0 Å². The molecule has 0 aliphatic rings. The molecule has 0 spiro atoms. The van der Waals surface area contributed by atoms with Crippen LogP contribution in [0.1, 0.15) is 38.5 Å². The van der Waals surface area contributed by atoms with Crippen LogP contribution in [0.2, 0.25) is 0 Å². The Morgan fingerprint density at radius 1 is 1.20 bits per heavy atom. The van der Waals surface area contributed by atoms with E-state index in [1.165, 1.54) is 0 Å². The molecule has 0 unspecified atom stereocenters. The second-order valence-electron chi connectivity index (χ2n) is 3.32. The summed E-state index contributed by atoms with van der Waals surface area (Å²) in [5, 5.41) is 0. The van der Waals surface area contributed by atoms with Crippen molar-refractivity contribution in [3.05, 3.63) is 12.7 Å². The van der Waals surface area contributed by atoms with Gasteiger partial charge in [0.2, 0.25) is 6.43 Å². The Balaban J connectivity index is 3.05. The van der Waals surface area contributed by atoms with E-state index in [-0.39, 0.29) is 6.42 Å². The summed E-state index contributed by atoms with van der Waals surface area (Å²) in [4.78, 5) is 10.6. The van der Waals surface area contributed by atoms with Crippen LogP contribution < -0.4 is 0 Å². The third-order valence-corrected chi connectivity index (χ3v) is 1.98. The molecule has 0 aromatic carbocycles. The second-order valence-corrected chi connectivity index (χ2v) is 3.32. The van der Waals surface area contributed by atoms with Crippen molar-refractivity contribution in [1.29, 1.82) is 0 Å². The zero-order chi connectivity index (χ0) is 11.5. The zero-order valence-electron chi connectivity index (χ0n) is 8.88. The summed E-state index contributed by atoms with van der Waals surface area (Å²) in [5.41, 5.74) is 0. The summed E-state index contributed by atoms with van der Waals surface area (Å²) >= 11 is 0. The van der Waals surface area contributed by atoms with E-state index < -0.39 is 12.4 Å². The van der Waals surface area contributed by atoms with E-state index in [1.807, 2.05) is 0 Å². The number of unbranched alkanes of at least 4 members (excludes halogenated alkanes) is 4. The van der Waals surface area contributed by atoms with Crippen LogP contribution in [0, 0.1) is 0 Å². The third-order valence-electron chi connectivity index (χ3n) is 1.98. The molecule has 0 aromatic rings. The van der Waals surface area contributed by atoms with Crippen LogP contribution in [-0.2, 0) is 9.53 Å². The Hall–Kier alpha value is -0.930. The lowest BCUT2D eigenvalue weighted by atomic mass is 10.1. The van der Waals surface area contributed by atoms with Gasteiger partial charge in [-0.25, -0.2) is 13.6 Å². The monoisotopic (exact) mass is 220 g/mol. The van der Waals surface area contributed by atoms with Gasteiger partial charge < -0.3 is 4.74 Å². The van der Waals surface area contributed by atoms with Gasteiger partial charge in [-0.3, -0.25) is 0 Å². The Labute approximate surface area is 89.3 Å². The lowest BCUT2D eigenvalue weighted by molar-refractivity contribution is -0.137. The van der Waals surface area contributed by atoms with Gasteiger partial charge in [0.15, 0.2) is 0 Å². The molecule has 0 fully saturated rings. The Morgan fingerprint density at radius 3 is 2.40 bits per heavy atom. The molecule has 15 heavy (non-hydrogen) atoms. The lowest BCUT2D eigenvalue weighted by Crippen LogP contribution is -2.01. The third kappa shape index (κ3) is 11.0. The number of carbonyl (C=O) groups is 1. The highest BCUT2D eigenvalue weighted by atomic mass is 19.3. The highest BCUT2D eigenvalue weighted by molar-refractivity contribution is 5.81. The number of hydrogen-bond donors (Lipinski definition) is 0. The normalized spacial score (nSPS) is 10.3. The maximum Gasteiger partial charge on any atom is 0.330 e. The average molecular weight is 220 g/mol. The SMILES string of the molecule is C=CC(=O)OCCCCCCCC(F)F. The van der Waals surface area contributed by atoms with E-state index in [4.69, 9.17) is 4.74 Å². The number of hydrogen-bond acceptors (Lipinski definition) is 2. The van der Waals surface area contributed by atoms with Crippen LogP contribution in [0.4, 0.5) is 8.78 Å². The van der Waals surface area contributed by atoms with E-state index in [2.05, 4.69) is 6.58 Å². The maximum absolute atomic E-state index is 11.7. The standard InChI is InChI=1S/C11H18F2O2/c1-2-11(14)15-9-7-5-3-4-6-8-10(12)13/h2,10H,1,3-9H2. The molecular formula is C11H18F2O2. The number of alkyl halides is 2. The number of halogens is 2. The first-order valence-electron chi connectivity index (χ1n) is 5.24. The van der Waals surface area contributed by atoms with Crippen molar-refractivity contribution in [2.24, 2.45) is 0 Å². The fraction of sp³-hybridized carbons (Fsp3) is 0.727. The average Bonchev–Trinajstić information content (AvgIpc) is 2.21. The molecule has 0 amide bonds. The van der Waals surface area contributed by atoms with Crippen LogP contribution in [0.3, 0.4) is 0 Å². The Bertz CT molecular complexity index is 181. The number of esters is 1. The van der Waals surface area contributed by atoms with Crippen LogP contribution >= 0.6 is 0 Å². The van der Waals surface area contributed by atoms with Crippen molar-refractivity contribution in [2.75, 3.05) is 6.61 Å². The van der Waals surface area contributed by atoms with Gasteiger partial charge in [-0.2, -0.15) is 0 Å². The topological polar surface area (TPSA) is 26.3 Å². The molecular weight excluding hydrogens is 202 g/mol. The predicted octanol–water partition coefficient (Wildman–Crippen LogP) is 3.32. The highest BCUT2D eigenvalue weighted by Crippen LogP contribution is 2.09. The number of carbonyl (C=O) groups excluding carboxylic acids is 1. The summed E-state index contributed by atoms with van der Waals surface area (Å²) in [5.74, 6) is -0.410. The molecule has 0 bridgehead atoms. The maximum atomic E-state index is 11.7. The molecule has 0 saturated heterocycles. The van der Waals surface area contributed by atoms with E-state index in [9.17, 15) is 13.6 Å². The molecule has 0 N–H and O–H groups in total. The molecule has 0 atom stereocenters. The zero-order valence-corrected chi connectivity index (χ0v) is 8.88. The van der Waals surface area contributed by atoms with Crippen molar-refractivity contribution in [2.45, 2.75) is 45.0 Å². The molecule has 0 aliphatic heterocycles. The first kappa shape index (κ1) is 14.1. The van der Waals surface area contributed by atoms with Crippen molar-refractivity contribution in [3.63, 3.8) is 0 Å². The van der Waals surface area contributed by atoms with Gasteiger partial charge in [0, 0.05) is 12.5 Å². The Kier molecular flexibility index (Phi) is 9.02. The summed E-state index contributed by atoms with van der Waals surface area (Å²) in [6, 6.07) is 0. The molecule has 0 aliphatic carbocycles. The first-order valence-corrected chi connectivity index (χ1v) is 5.24. The van der Waals surface area contributed by atoms with E-state index in [0.717, 1.165) is 31.8 Å². The molecule has 4 heteroatoms. The van der Waals surface area contributed by atoms with E-state index >= 15 is 0 Å². The summed E-state index contributed by atoms with van der Waals surface area (Å²) < 4.78 is 28.2. The summed E-state index contributed by atoms with van der Waals surface area (Å²) in [6.07, 6.45) is 2.94. The smallest absolute Gasteiger partial charge is 0.330 e. The van der Waals surface area contributed by atoms with Gasteiger partial charge in [-0.1, -0.05) is 25.8 Å². The fourth-order valence-electron chi connectivity index (χ4n) is 1.16. The van der Waals surface area contributed by atoms with Crippen molar-refractivity contribution in [1.82, 2.24) is 0 Å². The molecule has 88 valence electrons. The largest absolute Gasteiger partial charge is 0.463 e. The minimum absolute atomic E-state index is 0.00848. The minimum atomic E-state index is -2.18. The fourth-order valence-corrected chi connectivity index (χ4v) is 1.16. The van der Waals surface area contributed by atoms with Crippen molar-refractivity contribution >= 4 is 5.97 Å². The predicted molar refractivity (Wildman–Crippen MR) is 54.9 cm³/mol. The highest BCUT2D eigenvalue weighted by Gasteiger charge is 2.01. The Morgan fingerprint density at radius 2 is 1.80 bits per heavy atom. The van der Waals surface area contributed by atoms with Crippen molar-refractivity contribution in [3.8, 4) is 0 Å². The van der Waals surface area contributed by atoms with Crippen LogP contribution in [-0.4, -0.2) is 19.0 Å². The van der Waals surface area contributed by atoms with Gasteiger partial charge in [-0.15, -0.1) is 0 Å². The van der Waals surface area contributed by atoms with E-state index in [1.54, 1.807) is 0 Å². The van der Waals surface area contributed by atoms with Crippen LogP contribution in [0.5, 0.6) is 0 Å². The van der Waals surface area contributed by atoms with Crippen LogP contribution in [0.15, 0.2) is 12.7 Å². The van der Waals surface area contributed by atoms with Gasteiger partial charge in [0.05, 0.1) is 6.61 Å².